The van der Waals surface area contributed by atoms with Crippen LogP contribution >= 0.6 is 0 Å². The van der Waals surface area contributed by atoms with Crippen LogP contribution < -0.4 is 0 Å². The molecule has 2 N–H and O–H groups in total. The van der Waals surface area contributed by atoms with Gasteiger partial charge in [-0.25, -0.2) is 0 Å². The molecule has 0 aliphatic heterocycles. The highest BCUT2D eigenvalue weighted by Crippen LogP contribution is 2.29. The second kappa shape index (κ2) is 12.9. The zero-order valence-electron chi connectivity index (χ0n) is 13.4. The summed E-state index contributed by atoms with van der Waals surface area (Å²) in [5.41, 5.74) is 0. The fourth-order valence-corrected chi connectivity index (χ4v) is 2.96. The predicted molar refractivity (Wildman–Crippen MR) is 83.2 cm³/mol. The second-order valence-corrected chi connectivity index (χ2v) is 6.11. The summed E-state index contributed by atoms with van der Waals surface area (Å²) >= 11 is 0. The summed E-state index contributed by atoms with van der Waals surface area (Å²) in [5, 5.41) is 18.1. The minimum absolute atomic E-state index is 0.284. The molecule has 0 spiro atoms. The molecule has 0 aromatic carbocycles. The number of rotatable bonds is 13. The maximum absolute atomic E-state index is 9.14. The molecule has 2 heteroatoms. The van der Waals surface area contributed by atoms with Crippen molar-refractivity contribution in [3.05, 3.63) is 0 Å². The normalized spacial score (nSPS) is 16.3. The molecule has 0 amide bonds. The van der Waals surface area contributed by atoms with Crippen molar-refractivity contribution in [3.63, 3.8) is 0 Å². The van der Waals surface area contributed by atoms with Crippen LogP contribution in [0, 0.1) is 17.8 Å². The monoisotopic (exact) mass is 272 g/mol. The summed E-state index contributed by atoms with van der Waals surface area (Å²) in [5.74, 6) is 2.27. The van der Waals surface area contributed by atoms with Crippen LogP contribution in [0.4, 0.5) is 0 Å². The van der Waals surface area contributed by atoms with Crippen LogP contribution in [0.5, 0.6) is 0 Å². The van der Waals surface area contributed by atoms with E-state index in [0.29, 0.717) is 12.5 Å². The van der Waals surface area contributed by atoms with Gasteiger partial charge in [0, 0.05) is 13.2 Å². The van der Waals surface area contributed by atoms with E-state index < -0.39 is 0 Å². The molecule has 2 nitrogen and oxygen atoms in total. The van der Waals surface area contributed by atoms with E-state index in [-0.39, 0.29) is 6.61 Å². The Hall–Kier alpha value is -0.0800. The van der Waals surface area contributed by atoms with E-state index in [0.717, 1.165) is 31.1 Å². The molecule has 0 radical (unpaired) electrons. The van der Waals surface area contributed by atoms with Gasteiger partial charge >= 0.3 is 0 Å². The van der Waals surface area contributed by atoms with Crippen LogP contribution in [-0.2, 0) is 0 Å². The van der Waals surface area contributed by atoms with E-state index in [9.17, 15) is 0 Å². The first-order valence-corrected chi connectivity index (χ1v) is 8.41. The van der Waals surface area contributed by atoms with Gasteiger partial charge in [0.15, 0.2) is 0 Å². The quantitative estimate of drug-likeness (QED) is 0.522. The maximum atomic E-state index is 9.14. The van der Waals surface area contributed by atoms with E-state index in [4.69, 9.17) is 10.2 Å². The highest BCUT2D eigenvalue weighted by Gasteiger charge is 2.17. The van der Waals surface area contributed by atoms with Crippen LogP contribution in [0.3, 0.4) is 0 Å². The Morgan fingerprint density at radius 3 is 2.05 bits per heavy atom. The van der Waals surface area contributed by atoms with Gasteiger partial charge in [-0.05, 0) is 43.4 Å². The van der Waals surface area contributed by atoms with Crippen LogP contribution in [0.15, 0.2) is 0 Å². The van der Waals surface area contributed by atoms with Crippen molar-refractivity contribution in [1.82, 2.24) is 0 Å². The van der Waals surface area contributed by atoms with Gasteiger partial charge in [-0.15, -0.1) is 0 Å². The van der Waals surface area contributed by atoms with Gasteiger partial charge in [0.25, 0.3) is 0 Å². The molecule has 0 aromatic rings. The van der Waals surface area contributed by atoms with Crippen molar-refractivity contribution in [2.45, 2.75) is 78.6 Å². The lowest BCUT2D eigenvalue weighted by atomic mass is 9.81. The first-order chi connectivity index (χ1) is 9.19. The Bertz CT molecular complexity index is 182. The highest BCUT2D eigenvalue weighted by molar-refractivity contribution is 4.69. The summed E-state index contributed by atoms with van der Waals surface area (Å²) in [6.45, 7) is 7.52. The molecule has 0 rings (SSSR count). The van der Waals surface area contributed by atoms with Crippen LogP contribution in [-0.4, -0.2) is 23.4 Å². The number of hydrogen-bond acceptors (Lipinski definition) is 2. The molecule has 3 unspecified atom stereocenters. The van der Waals surface area contributed by atoms with Crippen LogP contribution in [0.1, 0.15) is 78.6 Å². The Labute approximate surface area is 120 Å². The summed E-state index contributed by atoms with van der Waals surface area (Å²) in [6.07, 6.45) is 10.6. The summed E-state index contributed by atoms with van der Waals surface area (Å²) in [7, 11) is 0. The SMILES string of the molecule is CCCCC(CCC(CCO)CCCO)C(C)CC. The lowest BCUT2D eigenvalue weighted by Crippen LogP contribution is -2.14. The minimum atomic E-state index is 0.284. The molecule has 0 saturated carbocycles. The van der Waals surface area contributed by atoms with E-state index in [1.54, 1.807) is 0 Å². The summed E-state index contributed by atoms with van der Waals surface area (Å²) in [6, 6.07) is 0. The molecular weight excluding hydrogens is 236 g/mol. The second-order valence-electron chi connectivity index (χ2n) is 6.11. The van der Waals surface area contributed by atoms with Crippen molar-refractivity contribution >= 4 is 0 Å². The number of aliphatic hydroxyl groups excluding tert-OH is 2. The fourth-order valence-electron chi connectivity index (χ4n) is 2.96. The third-order valence-corrected chi connectivity index (χ3v) is 4.63. The van der Waals surface area contributed by atoms with Gasteiger partial charge < -0.3 is 10.2 Å². The van der Waals surface area contributed by atoms with E-state index >= 15 is 0 Å². The van der Waals surface area contributed by atoms with E-state index in [2.05, 4.69) is 20.8 Å². The molecule has 0 aromatic heterocycles. The molecule has 0 fully saturated rings. The first-order valence-electron chi connectivity index (χ1n) is 8.41. The van der Waals surface area contributed by atoms with Crippen LogP contribution in [0.25, 0.3) is 0 Å². The molecule has 0 bridgehead atoms. The smallest absolute Gasteiger partial charge is 0.0433 e. The Kier molecular flexibility index (Phi) is 12.9. The predicted octanol–water partition coefficient (Wildman–Crippen LogP) is 4.39. The summed E-state index contributed by atoms with van der Waals surface area (Å²) < 4.78 is 0. The average Bonchev–Trinajstić information content (AvgIpc) is 2.43. The Balaban J connectivity index is 4.14. The third kappa shape index (κ3) is 9.45. The van der Waals surface area contributed by atoms with Gasteiger partial charge in [0.05, 0.1) is 0 Å². The van der Waals surface area contributed by atoms with Crippen molar-refractivity contribution in [3.8, 4) is 0 Å². The van der Waals surface area contributed by atoms with Crippen molar-refractivity contribution in [2.75, 3.05) is 13.2 Å². The van der Waals surface area contributed by atoms with Crippen molar-refractivity contribution in [2.24, 2.45) is 17.8 Å². The molecule has 3 atom stereocenters. The number of hydrogen-bond donors (Lipinski definition) is 2. The zero-order chi connectivity index (χ0) is 14.5. The molecule has 19 heavy (non-hydrogen) atoms. The van der Waals surface area contributed by atoms with Crippen LogP contribution in [0.2, 0.25) is 0 Å². The van der Waals surface area contributed by atoms with Crippen molar-refractivity contribution < 1.29 is 10.2 Å². The van der Waals surface area contributed by atoms with Crippen molar-refractivity contribution in [1.29, 1.82) is 0 Å². The molecule has 0 saturated heterocycles. The average molecular weight is 272 g/mol. The molecule has 116 valence electrons. The Morgan fingerprint density at radius 1 is 0.789 bits per heavy atom. The van der Waals surface area contributed by atoms with Gasteiger partial charge in [0.2, 0.25) is 0 Å². The van der Waals surface area contributed by atoms with Gasteiger partial charge in [-0.1, -0.05) is 52.9 Å². The lowest BCUT2D eigenvalue weighted by molar-refractivity contribution is 0.209. The fraction of sp³-hybridized carbons (Fsp3) is 1.00. The summed E-state index contributed by atoms with van der Waals surface area (Å²) in [4.78, 5) is 0. The minimum Gasteiger partial charge on any atom is -0.396 e. The molecule has 0 heterocycles. The van der Waals surface area contributed by atoms with E-state index in [1.807, 2.05) is 0 Å². The zero-order valence-corrected chi connectivity index (χ0v) is 13.4. The lowest BCUT2D eigenvalue weighted by Gasteiger charge is -2.25. The van der Waals surface area contributed by atoms with Gasteiger partial charge in [-0.3, -0.25) is 0 Å². The molecular formula is C17H36O2. The number of aliphatic hydroxyl groups is 2. The number of unbranched alkanes of at least 4 members (excludes halogenated alkanes) is 1. The van der Waals surface area contributed by atoms with Gasteiger partial charge in [0.1, 0.15) is 0 Å². The molecule has 0 aliphatic carbocycles. The van der Waals surface area contributed by atoms with Gasteiger partial charge in [-0.2, -0.15) is 0 Å². The maximum Gasteiger partial charge on any atom is 0.0433 e. The largest absolute Gasteiger partial charge is 0.396 e. The first kappa shape index (κ1) is 18.9. The standard InChI is InChI=1S/C17H36O2/c1-4-6-9-17(15(3)5-2)11-10-16(12-14-19)8-7-13-18/h15-19H,4-14H2,1-3H3. The van der Waals surface area contributed by atoms with E-state index in [1.165, 1.54) is 38.5 Å². The molecule has 0 aliphatic rings. The topological polar surface area (TPSA) is 40.5 Å². The Morgan fingerprint density at radius 2 is 1.53 bits per heavy atom. The third-order valence-electron chi connectivity index (χ3n) is 4.63. The highest BCUT2D eigenvalue weighted by atomic mass is 16.3.